The third-order valence-corrected chi connectivity index (χ3v) is 6.64. The molecule has 5 nitrogen and oxygen atoms in total. The maximum Gasteiger partial charge on any atom is 0.329 e. The van der Waals surface area contributed by atoms with Crippen molar-refractivity contribution in [1.82, 2.24) is 4.90 Å². The largest absolute Gasteiger partial charge is 0.464 e. The maximum absolute atomic E-state index is 12.9. The van der Waals surface area contributed by atoms with Crippen molar-refractivity contribution < 1.29 is 19.1 Å². The van der Waals surface area contributed by atoms with E-state index < -0.39 is 28.6 Å². The summed E-state index contributed by atoms with van der Waals surface area (Å²) in [7, 11) is 0. The van der Waals surface area contributed by atoms with Crippen molar-refractivity contribution in [1.29, 1.82) is 0 Å². The van der Waals surface area contributed by atoms with E-state index in [0.717, 1.165) is 25.7 Å². The van der Waals surface area contributed by atoms with E-state index >= 15 is 0 Å². The van der Waals surface area contributed by atoms with Gasteiger partial charge in [0.1, 0.15) is 6.04 Å². The molecule has 1 heterocycles. The number of thioether (sulfide) groups is 1. The summed E-state index contributed by atoms with van der Waals surface area (Å²) in [6.07, 6.45) is 9.52. The van der Waals surface area contributed by atoms with Crippen LogP contribution in [-0.2, 0) is 14.3 Å². The van der Waals surface area contributed by atoms with Crippen LogP contribution in [0.5, 0.6) is 0 Å². The zero-order valence-corrected chi connectivity index (χ0v) is 18.9. The van der Waals surface area contributed by atoms with Crippen molar-refractivity contribution in [2.45, 2.75) is 69.7 Å². The van der Waals surface area contributed by atoms with E-state index in [0.29, 0.717) is 17.9 Å². The Balaban J connectivity index is 1.84. The fourth-order valence-corrected chi connectivity index (χ4v) is 4.75. The molecule has 1 amide bonds. The van der Waals surface area contributed by atoms with Crippen molar-refractivity contribution in [3.8, 4) is 0 Å². The van der Waals surface area contributed by atoms with Crippen LogP contribution in [0.15, 0.2) is 43.0 Å². The average Bonchev–Trinajstić information content (AvgIpc) is 3.07. The lowest BCUT2D eigenvalue weighted by Crippen LogP contribution is -2.52. The molecule has 1 saturated heterocycles. The average molecular weight is 432 g/mol. The highest BCUT2D eigenvalue weighted by Crippen LogP contribution is 2.39. The summed E-state index contributed by atoms with van der Waals surface area (Å²) in [6.45, 7) is 7.78. The lowest BCUT2D eigenvalue weighted by molar-refractivity contribution is -0.154. The minimum Gasteiger partial charge on any atom is -0.464 e. The van der Waals surface area contributed by atoms with Gasteiger partial charge in [0, 0.05) is 11.3 Å². The molecular formula is C24H33NO4S. The zero-order valence-electron chi connectivity index (χ0n) is 18.1. The molecule has 0 unspecified atom stereocenters. The summed E-state index contributed by atoms with van der Waals surface area (Å²) in [5, 5.41) is 0. The smallest absolute Gasteiger partial charge is 0.329 e. The van der Waals surface area contributed by atoms with Crippen LogP contribution in [0.4, 0.5) is 0 Å². The predicted molar refractivity (Wildman–Crippen MR) is 121 cm³/mol. The van der Waals surface area contributed by atoms with Crippen LogP contribution < -0.4 is 0 Å². The molecule has 2 rings (SSSR count). The van der Waals surface area contributed by atoms with Gasteiger partial charge in [-0.3, -0.25) is 9.59 Å². The first-order chi connectivity index (χ1) is 14.4. The lowest BCUT2D eigenvalue weighted by atomic mass is 10.1. The van der Waals surface area contributed by atoms with E-state index in [1.807, 2.05) is 19.9 Å². The van der Waals surface area contributed by atoms with Crippen LogP contribution in [0, 0.1) is 0 Å². The van der Waals surface area contributed by atoms with Gasteiger partial charge >= 0.3 is 5.97 Å². The van der Waals surface area contributed by atoms with Crippen LogP contribution in [0.1, 0.15) is 69.2 Å². The molecule has 6 heteroatoms. The normalized spacial score (nSPS) is 17.5. The van der Waals surface area contributed by atoms with Crippen LogP contribution in [0.2, 0.25) is 0 Å². The maximum atomic E-state index is 12.9. The summed E-state index contributed by atoms with van der Waals surface area (Å²) < 4.78 is 5.46. The number of Topliss-reactive ketones (excluding diaryl/α,β-unsaturated/α-hetero) is 1. The Bertz CT molecular complexity index is 732. The van der Waals surface area contributed by atoms with Gasteiger partial charge in [0.25, 0.3) is 5.91 Å². The molecule has 1 aromatic rings. The monoisotopic (exact) mass is 431 g/mol. The second kappa shape index (κ2) is 11.9. The first-order valence-electron chi connectivity index (χ1n) is 10.7. The molecule has 0 bridgehead atoms. The Labute approximate surface area is 184 Å². The van der Waals surface area contributed by atoms with Crippen LogP contribution in [0.3, 0.4) is 0 Å². The Morgan fingerprint density at radius 3 is 2.40 bits per heavy atom. The van der Waals surface area contributed by atoms with Crippen molar-refractivity contribution in [2.75, 3.05) is 12.4 Å². The predicted octanol–water partition coefficient (Wildman–Crippen LogP) is 5.01. The number of nitrogens with zero attached hydrogens (tertiary/aromatic N) is 1. The van der Waals surface area contributed by atoms with E-state index in [-0.39, 0.29) is 0 Å². The highest BCUT2D eigenvalue weighted by Gasteiger charge is 2.49. The van der Waals surface area contributed by atoms with Gasteiger partial charge in [-0.05, 0) is 33.1 Å². The number of unbranched alkanes of at least 4 members (excludes halogenated alkanes) is 6. The molecule has 0 aromatic heterocycles. The summed E-state index contributed by atoms with van der Waals surface area (Å²) in [5.41, 5.74) is 0.329. The quantitative estimate of drug-likeness (QED) is 0.153. The van der Waals surface area contributed by atoms with E-state index in [1.165, 1.54) is 35.9 Å². The topological polar surface area (TPSA) is 63.7 Å². The standard InChI is InChI=1S/C24H33NO4S/c1-4-5-6-7-8-9-10-14-17-29-23(28)20-18-30-24(2,3)25(20)22(27)21(26)19-15-12-11-13-16-19/h4,11-13,15-16,20H,1,5-10,14,17-18H2,2-3H3/t20-/m0/s1. The second-order valence-electron chi connectivity index (χ2n) is 8.01. The number of rotatable bonds is 12. The molecule has 0 spiro atoms. The Kier molecular flexibility index (Phi) is 9.63. The highest BCUT2D eigenvalue weighted by atomic mass is 32.2. The van der Waals surface area contributed by atoms with Crippen LogP contribution in [0.25, 0.3) is 0 Å². The minimum atomic E-state index is -0.732. The molecule has 0 radical (unpaired) electrons. The number of carbonyl (C=O) groups is 3. The third kappa shape index (κ3) is 6.73. The number of allylic oxidation sites excluding steroid dienone is 1. The number of hydrogen-bond donors (Lipinski definition) is 0. The Hall–Kier alpha value is -2.08. The Morgan fingerprint density at radius 2 is 1.73 bits per heavy atom. The number of amides is 1. The van der Waals surface area contributed by atoms with E-state index in [2.05, 4.69) is 6.58 Å². The minimum absolute atomic E-state index is 0.329. The molecule has 1 aliphatic rings. The molecule has 1 atom stereocenters. The van der Waals surface area contributed by atoms with Gasteiger partial charge in [-0.25, -0.2) is 4.79 Å². The van der Waals surface area contributed by atoms with Gasteiger partial charge in [-0.2, -0.15) is 0 Å². The number of benzene rings is 1. The fraction of sp³-hybridized carbons (Fsp3) is 0.542. The van der Waals surface area contributed by atoms with Crippen molar-refractivity contribution >= 4 is 29.4 Å². The second-order valence-corrected chi connectivity index (χ2v) is 9.63. The molecule has 30 heavy (non-hydrogen) atoms. The van der Waals surface area contributed by atoms with E-state index in [4.69, 9.17) is 4.74 Å². The number of ether oxygens (including phenoxy) is 1. The van der Waals surface area contributed by atoms with E-state index in [9.17, 15) is 14.4 Å². The van der Waals surface area contributed by atoms with Gasteiger partial charge in [0.05, 0.1) is 11.5 Å². The molecule has 1 fully saturated rings. The SMILES string of the molecule is C=CCCCCCCCCOC(=O)[C@@H]1CSC(C)(C)N1C(=O)C(=O)c1ccccc1. The van der Waals surface area contributed by atoms with Crippen molar-refractivity contribution in [3.63, 3.8) is 0 Å². The molecule has 1 aromatic carbocycles. The Morgan fingerprint density at radius 1 is 1.10 bits per heavy atom. The molecule has 0 aliphatic carbocycles. The lowest BCUT2D eigenvalue weighted by Gasteiger charge is -2.33. The number of ketones is 1. The third-order valence-electron chi connectivity index (χ3n) is 5.25. The van der Waals surface area contributed by atoms with Gasteiger partial charge in [0.15, 0.2) is 0 Å². The van der Waals surface area contributed by atoms with Gasteiger partial charge < -0.3 is 9.64 Å². The fourth-order valence-electron chi connectivity index (χ4n) is 3.55. The molecular weight excluding hydrogens is 398 g/mol. The summed E-state index contributed by atoms with van der Waals surface area (Å²) in [4.78, 5) is 39.0. The summed E-state index contributed by atoms with van der Waals surface area (Å²) in [6, 6.07) is 7.72. The van der Waals surface area contributed by atoms with Gasteiger partial charge in [0.2, 0.25) is 5.78 Å². The number of hydrogen-bond acceptors (Lipinski definition) is 5. The molecule has 0 saturated carbocycles. The summed E-state index contributed by atoms with van der Waals surface area (Å²) in [5.74, 6) is -1.24. The van der Waals surface area contributed by atoms with Crippen molar-refractivity contribution in [2.24, 2.45) is 0 Å². The van der Waals surface area contributed by atoms with Gasteiger partial charge in [-0.15, -0.1) is 18.3 Å². The zero-order chi connectivity index (χ0) is 22.0. The molecule has 0 N–H and O–H groups in total. The van der Waals surface area contributed by atoms with Crippen LogP contribution >= 0.6 is 11.8 Å². The first kappa shape index (κ1) is 24.2. The number of carbonyl (C=O) groups excluding carboxylic acids is 3. The molecule has 1 aliphatic heterocycles. The van der Waals surface area contributed by atoms with Crippen molar-refractivity contribution in [3.05, 3.63) is 48.6 Å². The van der Waals surface area contributed by atoms with Crippen LogP contribution in [-0.4, -0.2) is 45.8 Å². The molecule has 164 valence electrons. The summed E-state index contributed by atoms with van der Waals surface area (Å²) >= 11 is 1.49. The number of esters is 1. The first-order valence-corrected chi connectivity index (χ1v) is 11.7. The van der Waals surface area contributed by atoms with Gasteiger partial charge in [-0.1, -0.05) is 62.1 Å². The highest BCUT2D eigenvalue weighted by molar-refractivity contribution is 8.00. The van der Waals surface area contributed by atoms with E-state index in [1.54, 1.807) is 30.3 Å².